The molecule has 0 aliphatic heterocycles. The van der Waals surface area contributed by atoms with Gasteiger partial charge in [0.15, 0.2) is 19.7 Å². The Bertz CT molecular complexity index is 1460. The van der Waals surface area contributed by atoms with Crippen LogP contribution in [-0.2, 0) is 32.0 Å². The minimum Gasteiger partial charge on any atom is -0.223 e. The Kier molecular flexibility index (Phi) is 8.60. The van der Waals surface area contributed by atoms with Crippen LogP contribution >= 0.6 is 10.9 Å². The number of halogens is 6. The van der Waals surface area contributed by atoms with E-state index >= 15 is 0 Å². The second-order valence-corrected chi connectivity index (χ2v) is 16.5. The summed E-state index contributed by atoms with van der Waals surface area (Å²) in [6.45, 7) is 5.75. The molecular weight excluding hydrogens is 586 g/mol. The Hall–Kier alpha value is -2.51. The Morgan fingerprint density at radius 3 is 1.23 bits per heavy atom. The summed E-state index contributed by atoms with van der Waals surface area (Å²) in [5.74, 6) is 0. The van der Waals surface area contributed by atoms with Crippen LogP contribution in [0.1, 0.15) is 38.8 Å². The summed E-state index contributed by atoms with van der Waals surface area (Å²) in [5, 5.41) is -1.69. The van der Waals surface area contributed by atoms with Crippen molar-refractivity contribution in [2.75, 3.05) is 0 Å². The molecule has 39 heavy (non-hydrogen) atoms. The van der Waals surface area contributed by atoms with Crippen LogP contribution in [0.5, 0.6) is 0 Å². The van der Waals surface area contributed by atoms with Crippen LogP contribution in [0.25, 0.3) is 0 Å². The molecule has 0 amide bonds. The predicted octanol–water partition coefficient (Wildman–Crippen LogP) is 7.57. The van der Waals surface area contributed by atoms with Crippen molar-refractivity contribution < 1.29 is 43.2 Å². The van der Waals surface area contributed by atoms with Gasteiger partial charge in [-0.1, -0.05) is 12.1 Å². The van der Waals surface area contributed by atoms with Crippen molar-refractivity contribution in [2.24, 2.45) is 0 Å². The van der Waals surface area contributed by atoms with E-state index in [4.69, 9.17) is 0 Å². The summed E-state index contributed by atoms with van der Waals surface area (Å²) >= 11 is 0. The zero-order chi connectivity index (χ0) is 29.6. The molecule has 0 aliphatic carbocycles. The maximum atomic E-state index is 13.7. The third kappa shape index (κ3) is 6.63. The maximum Gasteiger partial charge on any atom is 0.416 e. The number of rotatable bonds is 7. The van der Waals surface area contributed by atoms with E-state index in [0.717, 1.165) is 0 Å². The number of alkyl halides is 6. The third-order valence-electron chi connectivity index (χ3n) is 5.88. The first-order chi connectivity index (χ1) is 17.8. The van der Waals surface area contributed by atoms with Gasteiger partial charge in [-0.3, -0.25) is 0 Å². The van der Waals surface area contributed by atoms with Gasteiger partial charge in [0.05, 0.1) is 31.4 Å². The molecule has 3 aromatic carbocycles. The van der Waals surface area contributed by atoms with Crippen molar-refractivity contribution in [2.45, 2.75) is 75.0 Å². The summed E-state index contributed by atoms with van der Waals surface area (Å²) in [6, 6.07) is 11.7. The standard InChI is InChI=1S/C26H26F6O4S3/c1-16(2)38(33,34)23-9-5-7-20(14-23)37(21-8-6-10-24(15-21)39(35,36)17(3)4)22-12-18(25(27,28)29)11-19(13-22)26(30,31)32/h5-17,37H,1-4H3. The molecule has 3 rings (SSSR count). The molecule has 0 aromatic heterocycles. The van der Waals surface area contributed by atoms with Crippen molar-refractivity contribution >= 4 is 30.6 Å². The molecule has 4 nitrogen and oxygen atoms in total. The van der Waals surface area contributed by atoms with E-state index in [9.17, 15) is 43.2 Å². The minimum atomic E-state index is -5.11. The third-order valence-corrected chi connectivity index (χ3v) is 12.5. The molecule has 0 fully saturated rings. The zero-order valence-corrected chi connectivity index (χ0v) is 23.7. The molecule has 13 heteroatoms. The molecule has 0 spiro atoms. The average Bonchev–Trinajstić information content (AvgIpc) is 2.83. The summed E-state index contributed by atoms with van der Waals surface area (Å²) in [4.78, 5) is -0.408. The van der Waals surface area contributed by atoms with Gasteiger partial charge in [-0.05, 0) is 97.0 Å². The maximum absolute atomic E-state index is 13.7. The van der Waals surface area contributed by atoms with Gasteiger partial charge >= 0.3 is 12.4 Å². The molecule has 0 aliphatic rings. The highest BCUT2D eigenvalue weighted by Gasteiger charge is 2.38. The molecule has 0 unspecified atom stereocenters. The molecular formula is C26H26F6O4S3. The van der Waals surface area contributed by atoms with Crippen LogP contribution in [0, 0.1) is 0 Å². The monoisotopic (exact) mass is 612 g/mol. The molecule has 3 aromatic rings. The van der Waals surface area contributed by atoms with Crippen LogP contribution < -0.4 is 0 Å². The number of benzene rings is 3. The second-order valence-electron chi connectivity index (χ2n) is 9.28. The highest BCUT2D eigenvalue weighted by Crippen LogP contribution is 2.54. The first kappa shape index (κ1) is 31.0. The van der Waals surface area contributed by atoms with Gasteiger partial charge in [0.1, 0.15) is 0 Å². The normalized spacial score (nSPS) is 13.7. The molecule has 0 bridgehead atoms. The van der Waals surface area contributed by atoms with Gasteiger partial charge in [0, 0.05) is 0 Å². The smallest absolute Gasteiger partial charge is 0.223 e. The van der Waals surface area contributed by atoms with Crippen molar-refractivity contribution in [1.82, 2.24) is 0 Å². The lowest BCUT2D eigenvalue weighted by Gasteiger charge is -2.26. The van der Waals surface area contributed by atoms with Gasteiger partial charge in [0.25, 0.3) is 0 Å². The lowest BCUT2D eigenvalue weighted by Crippen LogP contribution is -2.14. The van der Waals surface area contributed by atoms with Gasteiger partial charge in [-0.2, -0.15) is 37.2 Å². The van der Waals surface area contributed by atoms with Crippen LogP contribution in [-0.4, -0.2) is 27.3 Å². The quantitative estimate of drug-likeness (QED) is 0.221. The summed E-state index contributed by atoms with van der Waals surface area (Å²) in [7, 11) is -9.96. The SMILES string of the molecule is CC(C)S(=O)(=O)c1cccc([SH](c2cc(C(F)(F)F)cc(C(F)(F)F)c2)c2cccc(S(=O)(=O)C(C)C)c2)c1. The molecule has 214 valence electrons. The fourth-order valence-electron chi connectivity index (χ4n) is 3.66. The predicted molar refractivity (Wildman–Crippen MR) is 138 cm³/mol. The van der Waals surface area contributed by atoms with Crippen LogP contribution in [0.2, 0.25) is 0 Å². The summed E-state index contributed by atoms with van der Waals surface area (Å²) in [5.41, 5.74) is -3.06. The van der Waals surface area contributed by atoms with E-state index in [1.165, 1.54) is 76.2 Å². The van der Waals surface area contributed by atoms with Crippen molar-refractivity contribution in [3.8, 4) is 0 Å². The first-order valence-corrected chi connectivity index (χ1v) is 16.0. The van der Waals surface area contributed by atoms with Crippen molar-refractivity contribution in [3.63, 3.8) is 0 Å². The minimum absolute atomic E-state index is 0.0102. The molecule has 0 saturated heterocycles. The second kappa shape index (κ2) is 10.8. The molecule has 0 N–H and O–H groups in total. The Labute approximate surface area is 226 Å². The van der Waals surface area contributed by atoms with E-state index in [1.807, 2.05) is 0 Å². The van der Waals surface area contributed by atoms with E-state index in [1.54, 1.807) is 0 Å². The van der Waals surface area contributed by atoms with Crippen LogP contribution in [0.3, 0.4) is 0 Å². The summed E-state index contributed by atoms with van der Waals surface area (Å²) in [6.07, 6.45) is -10.2. The van der Waals surface area contributed by atoms with Gasteiger partial charge in [0.2, 0.25) is 0 Å². The van der Waals surface area contributed by atoms with Crippen molar-refractivity contribution in [3.05, 3.63) is 77.9 Å². The fraction of sp³-hybridized carbons (Fsp3) is 0.308. The lowest BCUT2D eigenvalue weighted by atomic mass is 10.1. The van der Waals surface area contributed by atoms with E-state index < -0.39 is 64.5 Å². The molecule has 0 heterocycles. The molecule has 0 radical (unpaired) electrons. The highest BCUT2D eigenvalue weighted by molar-refractivity contribution is 8.17. The van der Waals surface area contributed by atoms with Crippen molar-refractivity contribution in [1.29, 1.82) is 0 Å². The van der Waals surface area contributed by atoms with E-state index in [0.29, 0.717) is 12.1 Å². The van der Waals surface area contributed by atoms with Crippen LogP contribution in [0.15, 0.2) is 91.2 Å². The zero-order valence-electron chi connectivity index (χ0n) is 21.2. The molecule has 0 saturated carbocycles. The number of sulfone groups is 2. The average molecular weight is 613 g/mol. The molecule has 0 atom stereocenters. The Morgan fingerprint density at radius 2 is 0.923 bits per heavy atom. The summed E-state index contributed by atoms with van der Waals surface area (Å²) < 4.78 is 134. The first-order valence-electron chi connectivity index (χ1n) is 11.5. The largest absolute Gasteiger partial charge is 0.416 e. The fourth-order valence-corrected chi connectivity index (χ4v) is 8.48. The topological polar surface area (TPSA) is 68.3 Å². The number of thiol groups is 1. The Balaban J connectivity index is 2.42. The van der Waals surface area contributed by atoms with E-state index in [-0.39, 0.29) is 30.5 Å². The lowest BCUT2D eigenvalue weighted by molar-refractivity contribution is -0.143. The van der Waals surface area contributed by atoms with Gasteiger partial charge in [-0.25, -0.2) is 16.8 Å². The number of hydrogen-bond donors (Lipinski definition) is 1. The Morgan fingerprint density at radius 1 is 0.564 bits per heavy atom. The number of hydrogen-bond acceptors (Lipinski definition) is 4. The van der Waals surface area contributed by atoms with Gasteiger partial charge < -0.3 is 0 Å². The van der Waals surface area contributed by atoms with Crippen LogP contribution in [0.4, 0.5) is 26.3 Å². The van der Waals surface area contributed by atoms with Gasteiger partial charge in [-0.15, -0.1) is 0 Å². The highest BCUT2D eigenvalue weighted by atomic mass is 32.2. The van der Waals surface area contributed by atoms with E-state index in [2.05, 4.69) is 0 Å².